The molecule has 0 heterocycles. The van der Waals surface area contributed by atoms with E-state index in [2.05, 4.69) is 4.72 Å². The molecule has 1 N–H and O–H groups in total. The van der Waals surface area contributed by atoms with Crippen molar-refractivity contribution in [3.8, 4) is 0 Å². The minimum Gasteiger partial charge on any atom is -0.210 e. The first-order valence-corrected chi connectivity index (χ1v) is 8.64. The van der Waals surface area contributed by atoms with Crippen LogP contribution in [-0.2, 0) is 10.0 Å². The predicted octanol–water partition coefficient (Wildman–Crippen LogP) is 4.08. The fraction of sp³-hybridized carbons (Fsp3) is 0.200. The average Bonchev–Trinajstić information content (AvgIpc) is 2.45. The van der Waals surface area contributed by atoms with Crippen molar-refractivity contribution in [3.63, 3.8) is 0 Å². The van der Waals surface area contributed by atoms with Crippen LogP contribution in [0.5, 0.6) is 0 Å². The molecule has 112 valence electrons. The lowest BCUT2D eigenvalue weighted by atomic mass is 10.0. The molecule has 0 spiro atoms. The van der Waals surface area contributed by atoms with Crippen molar-refractivity contribution in [1.29, 1.82) is 0 Å². The molecule has 21 heavy (non-hydrogen) atoms. The maximum atomic E-state index is 12.3. The molecule has 0 aromatic heterocycles. The van der Waals surface area contributed by atoms with Crippen LogP contribution in [0.4, 0.5) is 0 Å². The Kier molecular flexibility index (Phi) is 5.27. The molecule has 2 aromatic rings. The second-order valence-corrected chi connectivity index (χ2v) is 7.23. The van der Waals surface area contributed by atoms with Crippen molar-refractivity contribution in [2.45, 2.75) is 17.7 Å². The third-order valence-electron chi connectivity index (χ3n) is 3.14. The maximum absolute atomic E-state index is 12.3. The zero-order valence-electron chi connectivity index (χ0n) is 11.4. The van der Waals surface area contributed by atoms with E-state index in [1.807, 2.05) is 37.3 Å². The highest BCUT2D eigenvalue weighted by Crippen LogP contribution is 2.29. The Bertz CT molecular complexity index is 697. The van der Waals surface area contributed by atoms with Crippen molar-refractivity contribution in [2.75, 3.05) is 6.54 Å². The van der Waals surface area contributed by atoms with Gasteiger partial charge in [-0.1, -0.05) is 66.5 Å². The van der Waals surface area contributed by atoms with Gasteiger partial charge in [-0.2, -0.15) is 0 Å². The first-order chi connectivity index (χ1) is 9.92. The van der Waals surface area contributed by atoms with Gasteiger partial charge >= 0.3 is 0 Å². The van der Waals surface area contributed by atoms with Crippen molar-refractivity contribution in [3.05, 3.63) is 64.1 Å². The zero-order valence-corrected chi connectivity index (χ0v) is 13.7. The first kappa shape index (κ1) is 16.3. The van der Waals surface area contributed by atoms with Gasteiger partial charge in [0.15, 0.2) is 0 Å². The molecular formula is C15H15Cl2NO2S. The zero-order chi connectivity index (χ0) is 15.5. The summed E-state index contributed by atoms with van der Waals surface area (Å²) in [5.74, 6) is 0.0437. The minimum atomic E-state index is -3.74. The van der Waals surface area contributed by atoms with E-state index < -0.39 is 10.0 Å². The van der Waals surface area contributed by atoms with Gasteiger partial charge in [-0.05, 0) is 23.6 Å². The van der Waals surface area contributed by atoms with Gasteiger partial charge < -0.3 is 0 Å². The second kappa shape index (κ2) is 6.79. The van der Waals surface area contributed by atoms with Crippen LogP contribution in [0.3, 0.4) is 0 Å². The summed E-state index contributed by atoms with van der Waals surface area (Å²) in [6.45, 7) is 2.22. The van der Waals surface area contributed by atoms with Crippen LogP contribution in [0.25, 0.3) is 0 Å². The Hall–Kier alpha value is -1.07. The van der Waals surface area contributed by atoms with Crippen molar-refractivity contribution in [1.82, 2.24) is 4.72 Å². The van der Waals surface area contributed by atoms with Crippen LogP contribution in [-0.4, -0.2) is 15.0 Å². The largest absolute Gasteiger partial charge is 0.243 e. The molecule has 0 radical (unpaired) electrons. The van der Waals surface area contributed by atoms with Crippen LogP contribution < -0.4 is 4.72 Å². The molecule has 6 heteroatoms. The van der Waals surface area contributed by atoms with E-state index in [1.165, 1.54) is 12.1 Å². The van der Waals surface area contributed by atoms with E-state index >= 15 is 0 Å². The molecule has 2 rings (SSSR count). The standard InChI is InChI=1S/C15H15Cl2NO2S/c1-11(12-6-3-2-4-7-12)10-18-21(19,20)15-13(16)8-5-9-14(15)17/h2-9,11,18H,10H2,1H3/t11-/m1/s1. The molecule has 0 unspecified atom stereocenters. The molecule has 0 aliphatic heterocycles. The fourth-order valence-corrected chi connectivity index (χ4v) is 4.22. The molecule has 0 saturated carbocycles. The summed E-state index contributed by atoms with van der Waals surface area (Å²) < 4.78 is 27.2. The summed E-state index contributed by atoms with van der Waals surface area (Å²) in [6, 6.07) is 14.3. The first-order valence-electron chi connectivity index (χ1n) is 6.40. The molecule has 0 bridgehead atoms. The number of nitrogens with one attached hydrogen (secondary N) is 1. The summed E-state index contributed by atoms with van der Waals surface area (Å²) in [5.41, 5.74) is 1.06. The lowest BCUT2D eigenvalue weighted by molar-refractivity contribution is 0.575. The van der Waals surface area contributed by atoms with Gasteiger partial charge in [-0.15, -0.1) is 0 Å². The monoisotopic (exact) mass is 343 g/mol. The Morgan fingerprint density at radius 2 is 1.57 bits per heavy atom. The summed E-state index contributed by atoms with van der Waals surface area (Å²) in [7, 11) is -3.74. The molecule has 3 nitrogen and oxygen atoms in total. The summed E-state index contributed by atoms with van der Waals surface area (Å²) in [4.78, 5) is -0.0754. The average molecular weight is 344 g/mol. The smallest absolute Gasteiger partial charge is 0.210 e. The predicted molar refractivity (Wildman–Crippen MR) is 86.5 cm³/mol. The van der Waals surface area contributed by atoms with E-state index in [0.29, 0.717) is 0 Å². The topological polar surface area (TPSA) is 46.2 Å². The van der Waals surface area contributed by atoms with Crippen molar-refractivity contribution >= 4 is 33.2 Å². The van der Waals surface area contributed by atoms with Gasteiger partial charge in [0.2, 0.25) is 10.0 Å². The van der Waals surface area contributed by atoms with E-state index in [9.17, 15) is 8.42 Å². The summed E-state index contributed by atoms with van der Waals surface area (Å²) >= 11 is 11.9. The number of hydrogen-bond donors (Lipinski definition) is 1. The van der Waals surface area contributed by atoms with E-state index in [1.54, 1.807) is 6.07 Å². The molecule has 0 fully saturated rings. The third-order valence-corrected chi connectivity index (χ3v) is 5.51. The Morgan fingerprint density at radius 3 is 2.14 bits per heavy atom. The van der Waals surface area contributed by atoms with E-state index in [0.717, 1.165) is 5.56 Å². The quantitative estimate of drug-likeness (QED) is 0.889. The van der Waals surface area contributed by atoms with Crippen LogP contribution in [0, 0.1) is 0 Å². The van der Waals surface area contributed by atoms with Gasteiger partial charge in [0.1, 0.15) is 4.90 Å². The molecule has 0 amide bonds. The molecular weight excluding hydrogens is 329 g/mol. The highest BCUT2D eigenvalue weighted by Gasteiger charge is 2.22. The fourth-order valence-electron chi connectivity index (χ4n) is 1.95. The molecule has 2 aromatic carbocycles. The number of hydrogen-bond acceptors (Lipinski definition) is 2. The van der Waals surface area contributed by atoms with Crippen molar-refractivity contribution in [2.24, 2.45) is 0 Å². The van der Waals surface area contributed by atoms with Gasteiger partial charge in [-0.25, -0.2) is 13.1 Å². The SMILES string of the molecule is C[C@H](CNS(=O)(=O)c1c(Cl)cccc1Cl)c1ccccc1. The summed E-state index contributed by atoms with van der Waals surface area (Å²) in [5, 5.41) is 0.227. The molecule has 0 aliphatic carbocycles. The number of benzene rings is 2. The second-order valence-electron chi connectivity index (χ2n) is 4.71. The van der Waals surface area contributed by atoms with Crippen LogP contribution in [0.1, 0.15) is 18.4 Å². The molecule has 1 atom stereocenters. The van der Waals surface area contributed by atoms with Gasteiger partial charge in [-0.3, -0.25) is 0 Å². The van der Waals surface area contributed by atoms with Crippen molar-refractivity contribution < 1.29 is 8.42 Å². The lowest BCUT2D eigenvalue weighted by Crippen LogP contribution is -2.28. The normalized spacial score (nSPS) is 13.1. The third kappa shape index (κ3) is 3.98. The lowest BCUT2D eigenvalue weighted by Gasteiger charge is -2.14. The van der Waals surface area contributed by atoms with Crippen LogP contribution in [0.15, 0.2) is 53.4 Å². The number of sulfonamides is 1. The highest BCUT2D eigenvalue weighted by molar-refractivity contribution is 7.89. The minimum absolute atomic E-state index is 0.0437. The van der Waals surface area contributed by atoms with Crippen LogP contribution >= 0.6 is 23.2 Å². The van der Waals surface area contributed by atoms with E-state index in [4.69, 9.17) is 23.2 Å². The van der Waals surface area contributed by atoms with Gasteiger partial charge in [0.25, 0.3) is 0 Å². The maximum Gasteiger partial charge on any atom is 0.243 e. The highest BCUT2D eigenvalue weighted by atomic mass is 35.5. The summed E-state index contributed by atoms with van der Waals surface area (Å²) in [6.07, 6.45) is 0. The van der Waals surface area contributed by atoms with Crippen LogP contribution in [0.2, 0.25) is 10.0 Å². The van der Waals surface area contributed by atoms with Gasteiger partial charge in [0, 0.05) is 6.54 Å². The Morgan fingerprint density at radius 1 is 1.00 bits per heavy atom. The molecule has 0 saturated heterocycles. The number of halogens is 2. The van der Waals surface area contributed by atoms with Gasteiger partial charge in [0.05, 0.1) is 10.0 Å². The molecule has 0 aliphatic rings. The Balaban J connectivity index is 2.16. The number of rotatable bonds is 5. The Labute approximate surface area is 135 Å². The van der Waals surface area contributed by atoms with E-state index in [-0.39, 0.29) is 27.4 Å².